The molecule has 1 rings (SSSR count). The van der Waals surface area contributed by atoms with Crippen molar-refractivity contribution in [3.8, 4) is 0 Å². The minimum Gasteiger partial charge on any atom is -0.463 e. The Morgan fingerprint density at radius 3 is 1.82 bits per heavy atom. The zero-order valence-corrected chi connectivity index (χ0v) is 32.9. The van der Waals surface area contributed by atoms with Crippen LogP contribution in [0.25, 0.3) is 0 Å². The van der Waals surface area contributed by atoms with Crippen LogP contribution in [-0.2, 0) is 23.9 Å². The molecule has 0 saturated carbocycles. The zero-order valence-electron chi connectivity index (χ0n) is 32.9. The molecule has 0 bridgehead atoms. The van der Waals surface area contributed by atoms with Gasteiger partial charge in [-0.05, 0) is 50.0 Å². The smallest absolute Gasteiger partial charge is 0.305 e. The second-order valence-corrected chi connectivity index (χ2v) is 15.0. The van der Waals surface area contributed by atoms with Crippen LogP contribution < -0.4 is 0 Å². The van der Waals surface area contributed by atoms with E-state index in [0.29, 0.717) is 19.3 Å². The Hall–Kier alpha value is -2.25. The van der Waals surface area contributed by atoms with Gasteiger partial charge in [0.05, 0.1) is 6.10 Å². The molecule has 0 aromatic carbocycles. The van der Waals surface area contributed by atoms with Gasteiger partial charge in [0.2, 0.25) is 0 Å². The molecule has 0 aromatic rings. The second kappa shape index (κ2) is 32.4. The Labute approximate surface area is 312 Å². The van der Waals surface area contributed by atoms with Gasteiger partial charge in [-0.3, -0.25) is 14.4 Å². The lowest BCUT2D eigenvalue weighted by atomic mass is 9.90. The van der Waals surface area contributed by atoms with Gasteiger partial charge in [0.25, 0.3) is 0 Å². The Morgan fingerprint density at radius 1 is 0.725 bits per heavy atom. The third kappa shape index (κ3) is 27.1. The average Bonchev–Trinajstić information content (AvgIpc) is 3.48. The molecule has 0 aromatic heterocycles. The standard InChI is InChI=1S/C44H76O7/c1-4-6-21-28-39(45)32-33-41-38(31-34-42(41)47)27-23-19-20-25-30-44(49)51-36-40(46)35-50-43(48)29-24-18-16-14-12-10-8-7-9-11-13-15-17-22-26-37(3)5-2/h19,23,31-34,37-41,45-46H,4-18,20-22,24-30,35-36H2,1-3H3/b23-19-,33-32+/t37?,38-,39-,40-,41+/m0/s1. The van der Waals surface area contributed by atoms with Gasteiger partial charge in [-0.1, -0.05) is 167 Å². The second-order valence-electron chi connectivity index (χ2n) is 15.0. The molecule has 2 N–H and O–H groups in total. The molecule has 0 heterocycles. The van der Waals surface area contributed by atoms with E-state index < -0.39 is 12.2 Å². The van der Waals surface area contributed by atoms with Crippen LogP contribution in [0.5, 0.6) is 0 Å². The highest BCUT2D eigenvalue weighted by Crippen LogP contribution is 2.27. The maximum absolute atomic E-state index is 12.3. The number of unbranched alkanes of at least 4 members (excludes halogenated alkanes) is 16. The van der Waals surface area contributed by atoms with E-state index in [1.54, 1.807) is 12.2 Å². The van der Waals surface area contributed by atoms with Crippen molar-refractivity contribution >= 4 is 17.7 Å². The van der Waals surface area contributed by atoms with Gasteiger partial charge in [0.15, 0.2) is 5.78 Å². The summed E-state index contributed by atoms with van der Waals surface area (Å²) in [6, 6.07) is 0. The molecule has 1 unspecified atom stereocenters. The highest BCUT2D eigenvalue weighted by Gasteiger charge is 2.27. The van der Waals surface area contributed by atoms with Crippen molar-refractivity contribution in [1.29, 1.82) is 0 Å². The van der Waals surface area contributed by atoms with E-state index in [2.05, 4.69) is 20.8 Å². The maximum atomic E-state index is 12.3. The number of ether oxygens (including phenoxy) is 2. The largest absolute Gasteiger partial charge is 0.463 e. The summed E-state index contributed by atoms with van der Waals surface area (Å²) >= 11 is 0. The van der Waals surface area contributed by atoms with Gasteiger partial charge < -0.3 is 19.7 Å². The molecule has 294 valence electrons. The number of ketones is 1. The summed E-state index contributed by atoms with van der Waals surface area (Å²) < 4.78 is 10.3. The zero-order chi connectivity index (χ0) is 37.4. The first-order valence-electron chi connectivity index (χ1n) is 21.0. The average molecular weight is 717 g/mol. The summed E-state index contributed by atoms with van der Waals surface area (Å²) in [7, 11) is 0. The van der Waals surface area contributed by atoms with Gasteiger partial charge in [0.1, 0.15) is 19.3 Å². The predicted octanol–water partition coefficient (Wildman–Crippen LogP) is 10.7. The number of rotatable bonds is 34. The molecule has 7 nitrogen and oxygen atoms in total. The number of hydrogen-bond acceptors (Lipinski definition) is 7. The highest BCUT2D eigenvalue weighted by atomic mass is 16.6. The van der Waals surface area contributed by atoms with Crippen molar-refractivity contribution in [2.24, 2.45) is 17.8 Å². The number of carbonyl (C=O) groups excluding carboxylic acids is 3. The summed E-state index contributed by atoms with van der Waals surface area (Å²) in [6.45, 7) is 6.42. The molecule has 0 amide bonds. The summed E-state index contributed by atoms with van der Waals surface area (Å²) in [4.78, 5) is 36.4. The molecule has 1 aliphatic rings. The van der Waals surface area contributed by atoms with Crippen molar-refractivity contribution < 1.29 is 34.1 Å². The normalized spacial score (nSPS) is 17.8. The van der Waals surface area contributed by atoms with Crippen LogP contribution in [0.4, 0.5) is 0 Å². The fraction of sp³-hybridized carbons (Fsp3) is 0.795. The molecule has 0 spiro atoms. The lowest BCUT2D eigenvalue weighted by Gasteiger charge is -2.13. The Balaban J connectivity index is 1.96. The molecule has 0 aliphatic heterocycles. The molecule has 7 heteroatoms. The minimum atomic E-state index is -1.03. The van der Waals surface area contributed by atoms with Crippen LogP contribution in [0.15, 0.2) is 36.5 Å². The summed E-state index contributed by atoms with van der Waals surface area (Å²) in [5, 5.41) is 20.2. The van der Waals surface area contributed by atoms with E-state index >= 15 is 0 Å². The van der Waals surface area contributed by atoms with Crippen LogP contribution in [0.2, 0.25) is 0 Å². The predicted molar refractivity (Wildman–Crippen MR) is 209 cm³/mol. The number of hydrogen-bond donors (Lipinski definition) is 2. The maximum Gasteiger partial charge on any atom is 0.305 e. The van der Waals surface area contributed by atoms with Gasteiger partial charge in [-0.25, -0.2) is 0 Å². The van der Waals surface area contributed by atoms with E-state index in [4.69, 9.17) is 9.47 Å². The first-order valence-corrected chi connectivity index (χ1v) is 21.0. The van der Waals surface area contributed by atoms with E-state index in [-0.39, 0.29) is 49.2 Å². The van der Waals surface area contributed by atoms with E-state index in [1.807, 2.05) is 24.3 Å². The van der Waals surface area contributed by atoms with Crippen molar-refractivity contribution in [3.63, 3.8) is 0 Å². The molecule has 0 saturated heterocycles. The monoisotopic (exact) mass is 717 g/mol. The lowest BCUT2D eigenvalue weighted by Crippen LogP contribution is -2.25. The van der Waals surface area contributed by atoms with Gasteiger partial charge in [-0.15, -0.1) is 0 Å². The Kier molecular flexibility index (Phi) is 29.7. The van der Waals surface area contributed by atoms with Crippen molar-refractivity contribution in [2.45, 2.75) is 193 Å². The number of aliphatic hydroxyl groups excluding tert-OH is 2. The SMILES string of the molecule is CCCCC[C@H](O)/C=C/[C@H]1C(=O)C=C[C@@H]1C/C=C\CCCC(=O)OC[C@@H](O)COC(=O)CCCCCCCCCCCCCCCCC(C)CC. The summed E-state index contributed by atoms with van der Waals surface area (Å²) in [5.41, 5.74) is 0. The van der Waals surface area contributed by atoms with E-state index in [9.17, 15) is 24.6 Å². The number of carbonyl (C=O) groups is 3. The number of aliphatic hydroxyl groups is 2. The molecule has 51 heavy (non-hydrogen) atoms. The van der Waals surface area contributed by atoms with Crippen LogP contribution in [0.1, 0.15) is 181 Å². The quantitative estimate of drug-likeness (QED) is 0.0387. The lowest BCUT2D eigenvalue weighted by molar-refractivity contribution is -0.152. The summed E-state index contributed by atoms with van der Waals surface area (Å²) in [6.07, 6.45) is 36.8. The van der Waals surface area contributed by atoms with Crippen molar-refractivity contribution in [1.82, 2.24) is 0 Å². The molecule has 1 aliphatic carbocycles. The van der Waals surface area contributed by atoms with Crippen LogP contribution >= 0.6 is 0 Å². The third-order valence-electron chi connectivity index (χ3n) is 10.2. The third-order valence-corrected chi connectivity index (χ3v) is 10.2. The fourth-order valence-electron chi connectivity index (χ4n) is 6.46. The first-order chi connectivity index (χ1) is 24.8. The van der Waals surface area contributed by atoms with Gasteiger partial charge in [0, 0.05) is 18.8 Å². The van der Waals surface area contributed by atoms with Crippen LogP contribution in [-0.4, -0.2) is 53.4 Å². The molecule has 0 fully saturated rings. The fourth-order valence-corrected chi connectivity index (χ4v) is 6.46. The van der Waals surface area contributed by atoms with Crippen LogP contribution in [0, 0.1) is 17.8 Å². The van der Waals surface area contributed by atoms with Crippen LogP contribution in [0.3, 0.4) is 0 Å². The van der Waals surface area contributed by atoms with E-state index in [1.165, 1.54) is 83.5 Å². The van der Waals surface area contributed by atoms with Gasteiger partial charge in [-0.2, -0.15) is 0 Å². The van der Waals surface area contributed by atoms with Crippen molar-refractivity contribution in [3.05, 3.63) is 36.5 Å². The summed E-state index contributed by atoms with van der Waals surface area (Å²) in [5.74, 6) is 0.107. The van der Waals surface area contributed by atoms with E-state index in [0.717, 1.165) is 57.3 Å². The highest BCUT2D eigenvalue weighted by molar-refractivity contribution is 5.95. The molecular formula is C44H76O7. The Morgan fingerprint density at radius 2 is 1.25 bits per heavy atom. The Bertz CT molecular complexity index is 971. The molecule has 5 atom stereocenters. The molecule has 0 radical (unpaired) electrons. The van der Waals surface area contributed by atoms with Crippen molar-refractivity contribution in [2.75, 3.05) is 13.2 Å². The van der Waals surface area contributed by atoms with Gasteiger partial charge >= 0.3 is 11.9 Å². The minimum absolute atomic E-state index is 0.0746. The number of allylic oxidation sites excluding steroid dienone is 5. The first kappa shape index (κ1) is 46.8. The number of esters is 2. The molecular weight excluding hydrogens is 640 g/mol. The topological polar surface area (TPSA) is 110 Å².